The molecule has 7 heteroatoms. The van der Waals surface area contributed by atoms with E-state index in [4.69, 9.17) is 5.11 Å². The van der Waals surface area contributed by atoms with Crippen molar-refractivity contribution in [3.8, 4) is 0 Å². The first kappa shape index (κ1) is 14.7. The number of piperidine rings is 1. The molecule has 0 atom stereocenters. The number of alkyl halides is 2. The maximum Gasteiger partial charge on any atom is 0.317 e. The van der Waals surface area contributed by atoms with Crippen LogP contribution in [0.25, 0.3) is 0 Å². The predicted molar refractivity (Wildman–Crippen MR) is 60.6 cm³/mol. The fourth-order valence-electron chi connectivity index (χ4n) is 2.03. The summed E-state index contributed by atoms with van der Waals surface area (Å²) in [7, 11) is 0. The lowest BCUT2D eigenvalue weighted by molar-refractivity contribution is -0.137. The van der Waals surface area contributed by atoms with E-state index >= 15 is 0 Å². The molecule has 0 spiro atoms. The number of carboxylic acid groups (broad SMARTS) is 1. The molecular weight excluding hydrogens is 246 g/mol. The standard InChI is InChI=1S/C11H18F2N2O3/c12-9(13)7-14-11(18)15-5-3-8(4-6-15)1-2-10(16)17/h8-9H,1-7H2,(H,14,18)(H,16,17). The Morgan fingerprint density at radius 3 is 2.44 bits per heavy atom. The Morgan fingerprint density at radius 2 is 1.94 bits per heavy atom. The van der Waals surface area contributed by atoms with Crippen molar-refractivity contribution >= 4 is 12.0 Å². The summed E-state index contributed by atoms with van der Waals surface area (Å²) < 4.78 is 23.8. The highest BCUT2D eigenvalue weighted by molar-refractivity contribution is 5.74. The molecule has 0 aliphatic carbocycles. The van der Waals surface area contributed by atoms with Gasteiger partial charge in [-0.3, -0.25) is 4.79 Å². The molecule has 5 nitrogen and oxygen atoms in total. The Hall–Kier alpha value is -1.40. The van der Waals surface area contributed by atoms with Gasteiger partial charge in [0.1, 0.15) is 0 Å². The van der Waals surface area contributed by atoms with Crippen molar-refractivity contribution in [3.05, 3.63) is 0 Å². The minimum atomic E-state index is -2.54. The summed E-state index contributed by atoms with van der Waals surface area (Å²) >= 11 is 0. The number of amides is 2. The van der Waals surface area contributed by atoms with Crippen molar-refractivity contribution < 1.29 is 23.5 Å². The van der Waals surface area contributed by atoms with E-state index in [9.17, 15) is 18.4 Å². The van der Waals surface area contributed by atoms with Crippen molar-refractivity contribution in [1.82, 2.24) is 10.2 Å². The van der Waals surface area contributed by atoms with Crippen LogP contribution in [-0.4, -0.2) is 48.1 Å². The first-order chi connectivity index (χ1) is 8.49. The number of rotatable bonds is 5. The smallest absolute Gasteiger partial charge is 0.317 e. The van der Waals surface area contributed by atoms with Crippen LogP contribution in [0.1, 0.15) is 25.7 Å². The molecule has 1 aliphatic rings. The lowest BCUT2D eigenvalue weighted by atomic mass is 9.92. The number of aliphatic carboxylic acids is 1. The average molecular weight is 264 g/mol. The van der Waals surface area contributed by atoms with Crippen LogP contribution in [0.2, 0.25) is 0 Å². The average Bonchev–Trinajstić information content (AvgIpc) is 2.34. The van der Waals surface area contributed by atoms with Gasteiger partial charge in [0.2, 0.25) is 0 Å². The van der Waals surface area contributed by atoms with Crippen LogP contribution in [0.5, 0.6) is 0 Å². The largest absolute Gasteiger partial charge is 0.481 e. The van der Waals surface area contributed by atoms with E-state index in [1.54, 1.807) is 0 Å². The molecule has 0 radical (unpaired) electrons. The van der Waals surface area contributed by atoms with E-state index in [1.165, 1.54) is 4.90 Å². The van der Waals surface area contributed by atoms with Crippen molar-refractivity contribution in [1.29, 1.82) is 0 Å². The minimum Gasteiger partial charge on any atom is -0.481 e. The van der Waals surface area contributed by atoms with Gasteiger partial charge < -0.3 is 15.3 Å². The van der Waals surface area contributed by atoms with Crippen LogP contribution < -0.4 is 5.32 Å². The zero-order valence-corrected chi connectivity index (χ0v) is 10.1. The topological polar surface area (TPSA) is 69.6 Å². The van der Waals surface area contributed by atoms with Crippen LogP contribution >= 0.6 is 0 Å². The summed E-state index contributed by atoms with van der Waals surface area (Å²) in [5, 5.41) is 10.7. The van der Waals surface area contributed by atoms with Crippen LogP contribution in [-0.2, 0) is 4.79 Å². The number of likely N-dealkylation sites (tertiary alicyclic amines) is 1. The first-order valence-corrected chi connectivity index (χ1v) is 6.01. The molecule has 2 N–H and O–H groups in total. The van der Waals surface area contributed by atoms with Crippen molar-refractivity contribution in [2.24, 2.45) is 5.92 Å². The third-order valence-corrected chi connectivity index (χ3v) is 3.08. The van der Waals surface area contributed by atoms with Gasteiger partial charge >= 0.3 is 12.0 Å². The molecule has 1 saturated heterocycles. The molecule has 18 heavy (non-hydrogen) atoms. The highest BCUT2D eigenvalue weighted by Crippen LogP contribution is 2.21. The number of carbonyl (C=O) groups is 2. The normalized spacial score (nSPS) is 16.9. The lowest BCUT2D eigenvalue weighted by Crippen LogP contribution is -2.45. The Labute approximate surface area is 104 Å². The van der Waals surface area contributed by atoms with E-state index in [0.29, 0.717) is 25.4 Å². The summed E-state index contributed by atoms with van der Waals surface area (Å²) in [5.74, 6) is -0.507. The second-order valence-electron chi connectivity index (χ2n) is 4.44. The Bertz CT molecular complexity index is 292. The highest BCUT2D eigenvalue weighted by Gasteiger charge is 2.23. The second kappa shape index (κ2) is 7.13. The maximum atomic E-state index is 11.9. The molecule has 104 valence electrons. The number of halogens is 2. The molecule has 2 amide bonds. The summed E-state index contributed by atoms with van der Waals surface area (Å²) in [5.41, 5.74) is 0. The molecule has 1 rings (SSSR count). The van der Waals surface area contributed by atoms with E-state index in [0.717, 1.165) is 12.8 Å². The van der Waals surface area contributed by atoms with Crippen molar-refractivity contribution in [2.45, 2.75) is 32.1 Å². The van der Waals surface area contributed by atoms with Crippen LogP contribution in [0.15, 0.2) is 0 Å². The number of hydrogen-bond acceptors (Lipinski definition) is 2. The first-order valence-electron chi connectivity index (χ1n) is 6.01. The number of nitrogens with one attached hydrogen (secondary N) is 1. The quantitative estimate of drug-likeness (QED) is 0.791. The van der Waals surface area contributed by atoms with Crippen LogP contribution in [0.4, 0.5) is 13.6 Å². The number of nitrogens with zero attached hydrogens (tertiary/aromatic N) is 1. The molecule has 1 heterocycles. The molecular formula is C11H18F2N2O3. The SMILES string of the molecule is O=C(O)CCC1CCN(C(=O)NCC(F)F)CC1. The number of carboxylic acids is 1. The fourth-order valence-corrected chi connectivity index (χ4v) is 2.03. The molecule has 0 aromatic heterocycles. The predicted octanol–water partition coefficient (Wildman–Crippen LogP) is 1.54. The molecule has 1 fully saturated rings. The third-order valence-electron chi connectivity index (χ3n) is 3.08. The number of urea groups is 1. The van der Waals surface area contributed by atoms with Gasteiger partial charge in [-0.25, -0.2) is 13.6 Å². The second-order valence-corrected chi connectivity index (χ2v) is 4.44. The Morgan fingerprint density at radius 1 is 1.33 bits per heavy atom. The van der Waals surface area contributed by atoms with Gasteiger partial charge in [-0.05, 0) is 25.2 Å². The van der Waals surface area contributed by atoms with Crippen molar-refractivity contribution in [3.63, 3.8) is 0 Å². The van der Waals surface area contributed by atoms with Crippen molar-refractivity contribution in [2.75, 3.05) is 19.6 Å². The summed E-state index contributed by atoms with van der Waals surface area (Å²) in [4.78, 5) is 23.4. The van der Waals surface area contributed by atoms with Crippen LogP contribution in [0, 0.1) is 5.92 Å². The molecule has 0 aromatic carbocycles. The molecule has 1 aliphatic heterocycles. The zero-order valence-electron chi connectivity index (χ0n) is 10.1. The summed E-state index contributed by atoms with van der Waals surface area (Å²) in [6, 6.07) is -0.466. The number of carbonyl (C=O) groups excluding carboxylic acids is 1. The summed E-state index contributed by atoms with van der Waals surface area (Å²) in [6.45, 7) is 0.372. The fraction of sp³-hybridized carbons (Fsp3) is 0.818. The molecule has 0 aromatic rings. The molecule has 0 saturated carbocycles. The van der Waals surface area contributed by atoms with E-state index in [2.05, 4.69) is 5.32 Å². The molecule has 0 bridgehead atoms. The third kappa shape index (κ3) is 5.29. The monoisotopic (exact) mass is 264 g/mol. The van der Waals surface area contributed by atoms with Gasteiger partial charge in [-0.15, -0.1) is 0 Å². The van der Waals surface area contributed by atoms with E-state index in [1.807, 2.05) is 0 Å². The Kier molecular flexibility index (Phi) is 5.80. The van der Waals surface area contributed by atoms with Gasteiger partial charge in [0, 0.05) is 19.5 Å². The van der Waals surface area contributed by atoms with E-state index < -0.39 is 25.0 Å². The number of hydrogen-bond donors (Lipinski definition) is 2. The van der Waals surface area contributed by atoms with E-state index in [-0.39, 0.29) is 6.42 Å². The summed E-state index contributed by atoms with van der Waals surface area (Å²) in [6.07, 6.45) is -0.323. The highest BCUT2D eigenvalue weighted by atomic mass is 19.3. The van der Waals surface area contributed by atoms with Gasteiger partial charge in [-0.1, -0.05) is 0 Å². The zero-order chi connectivity index (χ0) is 13.5. The van der Waals surface area contributed by atoms with Gasteiger partial charge in [0.05, 0.1) is 6.54 Å². The molecule has 0 unspecified atom stereocenters. The maximum absolute atomic E-state index is 11.9. The van der Waals surface area contributed by atoms with Gasteiger partial charge in [-0.2, -0.15) is 0 Å². The lowest BCUT2D eigenvalue weighted by Gasteiger charge is -2.31. The van der Waals surface area contributed by atoms with Gasteiger partial charge in [0.15, 0.2) is 0 Å². The Balaban J connectivity index is 2.22. The van der Waals surface area contributed by atoms with Gasteiger partial charge in [0.25, 0.3) is 6.43 Å². The minimum absolute atomic E-state index is 0.141. The van der Waals surface area contributed by atoms with Crippen LogP contribution in [0.3, 0.4) is 0 Å².